The van der Waals surface area contributed by atoms with Crippen molar-refractivity contribution in [3.8, 4) is 0 Å². The number of nitrogens with one attached hydrogen (secondary N) is 2. The highest BCUT2D eigenvalue weighted by Crippen LogP contribution is 2.28. The summed E-state index contributed by atoms with van der Waals surface area (Å²) >= 11 is 4.61. The zero-order valence-electron chi connectivity index (χ0n) is 11.5. The third-order valence-corrected chi connectivity index (χ3v) is 4.38. The van der Waals surface area contributed by atoms with Crippen molar-refractivity contribution in [3.63, 3.8) is 0 Å². The number of amides is 1. The maximum atomic E-state index is 11.5. The third-order valence-electron chi connectivity index (χ3n) is 2.70. The van der Waals surface area contributed by atoms with E-state index in [1.807, 2.05) is 24.3 Å². The Morgan fingerprint density at radius 3 is 3.09 bits per heavy atom. The van der Waals surface area contributed by atoms with Crippen LogP contribution in [0.1, 0.15) is 12.0 Å². The summed E-state index contributed by atoms with van der Waals surface area (Å²) in [6, 6.07) is 7.72. The van der Waals surface area contributed by atoms with E-state index in [1.54, 1.807) is 12.3 Å². The number of carboxylic acid groups (broad SMARTS) is 1. The van der Waals surface area contributed by atoms with Gasteiger partial charge in [-0.15, -0.1) is 0 Å². The van der Waals surface area contributed by atoms with Crippen molar-refractivity contribution in [1.29, 1.82) is 0 Å². The average Bonchev–Trinajstić information content (AvgIpc) is 2.78. The monoisotopic (exact) mass is 383 g/mol. The smallest absolute Gasteiger partial charge is 0.305 e. The van der Waals surface area contributed by atoms with Gasteiger partial charge in [0, 0.05) is 4.47 Å². The molecule has 1 aromatic rings. The molecule has 3 N–H and O–H groups in total. The summed E-state index contributed by atoms with van der Waals surface area (Å²) in [4.78, 5) is 22.2. The lowest BCUT2D eigenvalue weighted by Gasteiger charge is -1.99. The van der Waals surface area contributed by atoms with Crippen LogP contribution in [0.25, 0.3) is 0 Å². The van der Waals surface area contributed by atoms with Gasteiger partial charge in [-0.25, -0.2) is 0 Å². The molecule has 1 unspecified atom stereocenters. The molecule has 6 nitrogen and oxygen atoms in total. The summed E-state index contributed by atoms with van der Waals surface area (Å²) in [6.45, 7) is 0.437. The highest BCUT2D eigenvalue weighted by atomic mass is 79.9. The molecule has 0 radical (unpaired) electrons. The van der Waals surface area contributed by atoms with Gasteiger partial charge < -0.3 is 15.8 Å². The van der Waals surface area contributed by atoms with Crippen LogP contribution in [0.2, 0.25) is 0 Å². The number of carbonyl (C=O) groups is 2. The summed E-state index contributed by atoms with van der Waals surface area (Å²) < 4.78 is 0.980. The van der Waals surface area contributed by atoms with Crippen LogP contribution < -0.4 is 10.7 Å². The minimum Gasteiger partial charge on any atom is -0.481 e. The second-order valence-electron chi connectivity index (χ2n) is 4.44. The van der Waals surface area contributed by atoms with Gasteiger partial charge in [-0.2, -0.15) is 5.10 Å². The van der Waals surface area contributed by atoms with Gasteiger partial charge in [0.1, 0.15) is 5.25 Å². The van der Waals surface area contributed by atoms with Gasteiger partial charge in [-0.3, -0.25) is 9.59 Å². The van der Waals surface area contributed by atoms with Crippen LogP contribution in [0.15, 0.2) is 44.9 Å². The number of carbonyl (C=O) groups excluding carboxylic acids is 1. The van der Waals surface area contributed by atoms with Crippen molar-refractivity contribution >= 4 is 45.8 Å². The molecule has 116 valence electrons. The maximum Gasteiger partial charge on any atom is 0.305 e. The Hall–Kier alpha value is -1.80. The van der Waals surface area contributed by atoms with Crippen molar-refractivity contribution in [3.05, 3.63) is 45.4 Å². The molecule has 2 rings (SSSR count). The highest BCUT2D eigenvalue weighted by molar-refractivity contribution is 9.10. The average molecular weight is 384 g/mol. The van der Waals surface area contributed by atoms with Crippen LogP contribution >= 0.6 is 27.7 Å². The Balaban J connectivity index is 1.78. The predicted molar refractivity (Wildman–Crippen MR) is 89.6 cm³/mol. The number of carboxylic acids is 1. The molecule has 0 aromatic heterocycles. The van der Waals surface area contributed by atoms with Gasteiger partial charge in [0.2, 0.25) is 5.91 Å². The molecule has 0 aliphatic carbocycles. The molecule has 0 bridgehead atoms. The minimum absolute atomic E-state index is 0.178. The molecule has 1 aliphatic rings. The number of hydrogen-bond donors (Lipinski definition) is 3. The Bertz CT molecular complexity index is 634. The van der Waals surface area contributed by atoms with E-state index in [9.17, 15) is 9.59 Å². The van der Waals surface area contributed by atoms with Gasteiger partial charge in [0.05, 0.1) is 24.2 Å². The first-order valence-corrected chi connectivity index (χ1v) is 8.13. The standard InChI is InChI=1S/C14H14BrN3O3S/c15-10-3-1-2-9(6-10)8-17-16-5-4-12-18-14(21)11(22-12)7-13(19)20/h1-4,6,8,11,16H,5,7H2,(H,18,21)(H,19,20)/b12-4-,17-8+. The number of aliphatic carboxylic acids is 1. The van der Waals surface area contributed by atoms with Crippen molar-refractivity contribution in [2.24, 2.45) is 5.10 Å². The lowest BCUT2D eigenvalue weighted by Crippen LogP contribution is -2.24. The fourth-order valence-corrected chi connectivity index (χ4v) is 3.18. The molecule has 22 heavy (non-hydrogen) atoms. The van der Waals surface area contributed by atoms with E-state index < -0.39 is 11.2 Å². The van der Waals surface area contributed by atoms with Gasteiger partial charge in [0.15, 0.2) is 0 Å². The molecule has 1 saturated heterocycles. The van der Waals surface area contributed by atoms with Gasteiger partial charge >= 0.3 is 5.97 Å². The Labute approximate surface area is 140 Å². The van der Waals surface area contributed by atoms with E-state index in [0.29, 0.717) is 11.6 Å². The zero-order chi connectivity index (χ0) is 15.9. The molecular formula is C14H14BrN3O3S. The first kappa shape index (κ1) is 16.6. The Morgan fingerprint density at radius 2 is 2.36 bits per heavy atom. The summed E-state index contributed by atoms with van der Waals surface area (Å²) in [5, 5.41) is 15.5. The first-order valence-electron chi connectivity index (χ1n) is 6.45. The van der Waals surface area contributed by atoms with Crippen LogP contribution in [-0.2, 0) is 9.59 Å². The van der Waals surface area contributed by atoms with Crippen LogP contribution in [0.5, 0.6) is 0 Å². The predicted octanol–water partition coefficient (Wildman–Crippen LogP) is 1.92. The summed E-state index contributed by atoms with van der Waals surface area (Å²) in [7, 11) is 0. The number of rotatable bonds is 6. The van der Waals surface area contributed by atoms with Crippen molar-refractivity contribution in [2.75, 3.05) is 6.54 Å². The number of thioether (sulfide) groups is 1. The molecule has 1 aliphatic heterocycles. The molecule has 1 fully saturated rings. The van der Waals surface area contributed by atoms with E-state index in [1.165, 1.54) is 11.8 Å². The fraction of sp³-hybridized carbons (Fsp3) is 0.214. The van der Waals surface area contributed by atoms with Crippen LogP contribution in [0.4, 0.5) is 0 Å². The molecule has 0 spiro atoms. The first-order chi connectivity index (χ1) is 10.5. The van der Waals surface area contributed by atoms with Gasteiger partial charge in [0.25, 0.3) is 0 Å². The minimum atomic E-state index is -0.981. The molecule has 1 atom stereocenters. The van der Waals surface area contributed by atoms with E-state index >= 15 is 0 Å². The SMILES string of the molecule is O=C(O)CC1S/C(=C\CN/N=C/c2cccc(Br)c2)NC1=O. The van der Waals surface area contributed by atoms with Gasteiger partial charge in [-0.05, 0) is 23.8 Å². The number of halogens is 1. The fourth-order valence-electron chi connectivity index (χ4n) is 1.73. The molecule has 8 heteroatoms. The molecular weight excluding hydrogens is 370 g/mol. The summed E-state index contributed by atoms with van der Waals surface area (Å²) in [5.74, 6) is -1.25. The molecule has 1 amide bonds. The summed E-state index contributed by atoms with van der Waals surface area (Å²) in [5.41, 5.74) is 3.81. The maximum absolute atomic E-state index is 11.5. The third kappa shape index (κ3) is 5.19. The second-order valence-corrected chi connectivity index (χ2v) is 6.60. The van der Waals surface area contributed by atoms with Crippen molar-refractivity contribution in [2.45, 2.75) is 11.7 Å². The van der Waals surface area contributed by atoms with Crippen LogP contribution in [0, 0.1) is 0 Å². The van der Waals surface area contributed by atoms with Crippen molar-refractivity contribution in [1.82, 2.24) is 10.7 Å². The quantitative estimate of drug-likeness (QED) is 0.396. The number of nitrogens with zero attached hydrogens (tertiary/aromatic N) is 1. The van der Waals surface area contributed by atoms with Crippen molar-refractivity contribution < 1.29 is 14.7 Å². The molecule has 1 aromatic carbocycles. The number of hydrogen-bond acceptors (Lipinski definition) is 5. The second kappa shape index (κ2) is 8.00. The summed E-state index contributed by atoms with van der Waals surface area (Å²) in [6.07, 6.45) is 3.28. The Kier molecular flexibility index (Phi) is 6.02. The zero-order valence-corrected chi connectivity index (χ0v) is 13.9. The van der Waals surface area contributed by atoms with E-state index in [4.69, 9.17) is 5.11 Å². The lowest BCUT2D eigenvalue weighted by atomic mass is 10.2. The normalized spacial score (nSPS) is 19.6. The van der Waals surface area contributed by atoms with Crippen LogP contribution in [0.3, 0.4) is 0 Å². The van der Waals surface area contributed by atoms with Crippen LogP contribution in [-0.4, -0.2) is 35.0 Å². The topological polar surface area (TPSA) is 90.8 Å². The molecule has 0 saturated carbocycles. The van der Waals surface area contributed by atoms with E-state index in [-0.39, 0.29) is 12.3 Å². The van der Waals surface area contributed by atoms with E-state index in [2.05, 4.69) is 31.8 Å². The largest absolute Gasteiger partial charge is 0.481 e. The number of benzene rings is 1. The lowest BCUT2D eigenvalue weighted by molar-refractivity contribution is -0.138. The molecule has 1 heterocycles. The Morgan fingerprint density at radius 1 is 1.55 bits per heavy atom. The highest BCUT2D eigenvalue weighted by Gasteiger charge is 2.30. The number of hydrazone groups is 1. The van der Waals surface area contributed by atoms with Gasteiger partial charge in [-0.1, -0.05) is 39.8 Å². The van der Waals surface area contributed by atoms with E-state index in [0.717, 1.165) is 10.0 Å².